The van der Waals surface area contributed by atoms with Gasteiger partial charge in [0.1, 0.15) is 0 Å². The first-order valence-electron chi connectivity index (χ1n) is 8.40. The molecule has 0 radical (unpaired) electrons. The lowest BCUT2D eigenvalue weighted by Crippen LogP contribution is -2.34. The van der Waals surface area contributed by atoms with Gasteiger partial charge in [0, 0.05) is 48.6 Å². The Labute approximate surface area is 141 Å². The molecular weight excluding hydrogens is 304 g/mol. The van der Waals surface area contributed by atoms with Crippen molar-refractivity contribution in [3.63, 3.8) is 0 Å². The second-order valence-electron chi connectivity index (χ2n) is 6.17. The Morgan fingerprint density at radius 3 is 2.71 bits per heavy atom. The number of nitrogens with zero attached hydrogens (tertiary/aromatic N) is 1. The molecule has 0 aliphatic carbocycles. The van der Waals surface area contributed by atoms with E-state index in [1.807, 2.05) is 23.2 Å². The van der Waals surface area contributed by atoms with Crippen molar-refractivity contribution >= 4 is 28.4 Å². The number of unbranched alkanes of at least 4 members (excludes halogenated alkanes) is 1. The number of carboxylic acid groups (broad SMARTS) is 1. The molecule has 5 heteroatoms. The number of aliphatic carboxylic acids is 1. The lowest BCUT2D eigenvalue weighted by Gasteiger charge is -2.26. The summed E-state index contributed by atoms with van der Waals surface area (Å²) in [5.74, 6) is -0.679. The van der Waals surface area contributed by atoms with E-state index in [2.05, 4.69) is 23.2 Å². The zero-order valence-corrected chi connectivity index (χ0v) is 13.6. The molecule has 0 bridgehead atoms. The molecule has 0 unspecified atom stereocenters. The molecule has 1 aromatic heterocycles. The van der Waals surface area contributed by atoms with Gasteiger partial charge in [0.25, 0.3) is 0 Å². The van der Waals surface area contributed by atoms with E-state index in [1.54, 1.807) is 0 Å². The average Bonchev–Trinajstić information content (AvgIpc) is 3.02. The monoisotopic (exact) mass is 326 g/mol. The van der Waals surface area contributed by atoms with Crippen LogP contribution in [-0.4, -0.2) is 40.0 Å². The number of amides is 1. The summed E-state index contributed by atoms with van der Waals surface area (Å²) < 4.78 is 0. The van der Waals surface area contributed by atoms with Crippen LogP contribution < -0.4 is 0 Å². The van der Waals surface area contributed by atoms with Crippen molar-refractivity contribution < 1.29 is 14.7 Å². The molecule has 24 heavy (non-hydrogen) atoms. The van der Waals surface area contributed by atoms with Crippen LogP contribution in [0.5, 0.6) is 0 Å². The van der Waals surface area contributed by atoms with E-state index < -0.39 is 5.97 Å². The van der Waals surface area contributed by atoms with E-state index in [1.165, 1.54) is 16.5 Å². The highest BCUT2D eigenvalue weighted by molar-refractivity contribution is 5.93. The molecule has 2 heterocycles. The van der Waals surface area contributed by atoms with Crippen LogP contribution in [0.3, 0.4) is 0 Å². The minimum atomic E-state index is -0.799. The van der Waals surface area contributed by atoms with Gasteiger partial charge in [-0.15, -0.1) is 0 Å². The first-order chi connectivity index (χ1) is 11.6. The molecule has 2 aromatic rings. The molecule has 0 saturated heterocycles. The summed E-state index contributed by atoms with van der Waals surface area (Å²) in [6, 6.07) is 8.23. The zero-order valence-electron chi connectivity index (χ0n) is 13.6. The van der Waals surface area contributed by atoms with Crippen molar-refractivity contribution in [2.24, 2.45) is 0 Å². The molecule has 1 aliphatic heterocycles. The normalized spacial score (nSPS) is 14.7. The molecular formula is C19H22N2O3. The number of aromatic nitrogens is 1. The predicted octanol–water partition coefficient (Wildman–Crippen LogP) is 3.43. The number of fused-ring (bicyclic) bond motifs is 1. The van der Waals surface area contributed by atoms with Crippen molar-refractivity contribution in [2.45, 2.75) is 32.1 Å². The first kappa shape index (κ1) is 16.3. The fourth-order valence-electron chi connectivity index (χ4n) is 3.19. The van der Waals surface area contributed by atoms with Crippen molar-refractivity contribution in [1.29, 1.82) is 0 Å². The number of aromatic amines is 1. The topological polar surface area (TPSA) is 73.4 Å². The van der Waals surface area contributed by atoms with E-state index >= 15 is 0 Å². The number of rotatable bonds is 6. The first-order valence-corrected chi connectivity index (χ1v) is 8.40. The summed E-state index contributed by atoms with van der Waals surface area (Å²) in [4.78, 5) is 27.8. The third kappa shape index (κ3) is 3.67. The van der Waals surface area contributed by atoms with Crippen LogP contribution in [0.2, 0.25) is 0 Å². The van der Waals surface area contributed by atoms with Crippen LogP contribution in [0.15, 0.2) is 36.5 Å². The van der Waals surface area contributed by atoms with Crippen LogP contribution in [0, 0.1) is 0 Å². The Balaban J connectivity index is 1.58. The van der Waals surface area contributed by atoms with E-state index in [0.29, 0.717) is 25.8 Å². The number of nitrogens with one attached hydrogen (secondary N) is 1. The SMILES string of the molecule is O=C(O)CCCCC(=O)N1CC=C(c2c[nH]c3ccccc23)CC1. The van der Waals surface area contributed by atoms with Crippen LogP contribution in [0.1, 0.15) is 37.7 Å². The van der Waals surface area contributed by atoms with Gasteiger partial charge in [-0.2, -0.15) is 0 Å². The minimum absolute atomic E-state index is 0.120. The summed E-state index contributed by atoms with van der Waals surface area (Å²) in [5, 5.41) is 9.84. The lowest BCUT2D eigenvalue weighted by molar-refractivity contribution is -0.137. The third-order valence-electron chi connectivity index (χ3n) is 4.53. The fourth-order valence-corrected chi connectivity index (χ4v) is 3.19. The van der Waals surface area contributed by atoms with Gasteiger partial charge in [0.05, 0.1) is 0 Å². The van der Waals surface area contributed by atoms with Gasteiger partial charge in [-0.1, -0.05) is 24.3 Å². The predicted molar refractivity (Wildman–Crippen MR) is 93.6 cm³/mol. The smallest absolute Gasteiger partial charge is 0.303 e. The maximum atomic E-state index is 12.2. The molecule has 1 aromatic carbocycles. The highest BCUT2D eigenvalue weighted by Crippen LogP contribution is 2.29. The van der Waals surface area contributed by atoms with E-state index in [0.717, 1.165) is 18.5 Å². The number of H-pyrrole nitrogens is 1. The number of carboxylic acids is 1. The standard InChI is InChI=1S/C19H22N2O3/c22-18(7-3-4-8-19(23)24)21-11-9-14(10-12-21)16-13-20-17-6-2-1-5-15(16)17/h1-2,5-6,9,13,20H,3-4,7-8,10-12H2,(H,23,24). The van der Waals surface area contributed by atoms with Gasteiger partial charge in [0.15, 0.2) is 0 Å². The van der Waals surface area contributed by atoms with E-state index in [9.17, 15) is 9.59 Å². The van der Waals surface area contributed by atoms with Crippen LogP contribution in [-0.2, 0) is 9.59 Å². The van der Waals surface area contributed by atoms with Crippen LogP contribution in [0.4, 0.5) is 0 Å². The maximum Gasteiger partial charge on any atom is 0.303 e. The number of carbonyl (C=O) groups is 2. The van der Waals surface area contributed by atoms with E-state index in [4.69, 9.17) is 5.11 Å². The highest BCUT2D eigenvalue weighted by atomic mass is 16.4. The van der Waals surface area contributed by atoms with Crippen molar-refractivity contribution in [3.8, 4) is 0 Å². The molecule has 0 fully saturated rings. The van der Waals surface area contributed by atoms with Crippen molar-refractivity contribution in [3.05, 3.63) is 42.1 Å². The van der Waals surface area contributed by atoms with E-state index in [-0.39, 0.29) is 12.3 Å². The summed E-state index contributed by atoms with van der Waals surface area (Å²) in [6.45, 7) is 1.36. The molecule has 0 saturated carbocycles. The summed E-state index contributed by atoms with van der Waals surface area (Å²) in [5.41, 5.74) is 3.63. The third-order valence-corrected chi connectivity index (χ3v) is 4.53. The molecule has 3 rings (SSSR count). The minimum Gasteiger partial charge on any atom is -0.481 e. The fraction of sp³-hybridized carbons (Fsp3) is 0.368. The molecule has 5 nitrogen and oxygen atoms in total. The molecule has 126 valence electrons. The summed E-state index contributed by atoms with van der Waals surface area (Å²) in [7, 11) is 0. The lowest BCUT2D eigenvalue weighted by atomic mass is 9.98. The Morgan fingerprint density at radius 1 is 1.17 bits per heavy atom. The average molecular weight is 326 g/mol. The van der Waals surface area contributed by atoms with Gasteiger partial charge < -0.3 is 15.0 Å². The van der Waals surface area contributed by atoms with Crippen molar-refractivity contribution in [1.82, 2.24) is 9.88 Å². The second-order valence-corrected chi connectivity index (χ2v) is 6.17. The number of hydrogen-bond acceptors (Lipinski definition) is 2. The molecule has 1 amide bonds. The Morgan fingerprint density at radius 2 is 1.96 bits per heavy atom. The van der Waals surface area contributed by atoms with Gasteiger partial charge in [-0.25, -0.2) is 0 Å². The Kier molecular flexibility index (Phi) is 4.99. The molecule has 0 spiro atoms. The molecule has 2 N–H and O–H groups in total. The number of hydrogen-bond donors (Lipinski definition) is 2. The summed E-state index contributed by atoms with van der Waals surface area (Å²) in [6.07, 6.45) is 6.80. The number of para-hydroxylation sites is 1. The Bertz CT molecular complexity index is 776. The van der Waals surface area contributed by atoms with Gasteiger partial charge in [-0.3, -0.25) is 9.59 Å². The highest BCUT2D eigenvalue weighted by Gasteiger charge is 2.19. The van der Waals surface area contributed by atoms with Crippen LogP contribution >= 0.6 is 0 Å². The van der Waals surface area contributed by atoms with Crippen molar-refractivity contribution in [2.75, 3.05) is 13.1 Å². The van der Waals surface area contributed by atoms with Gasteiger partial charge >= 0.3 is 5.97 Å². The van der Waals surface area contributed by atoms with Crippen LogP contribution in [0.25, 0.3) is 16.5 Å². The second kappa shape index (κ2) is 7.34. The van der Waals surface area contributed by atoms with Gasteiger partial charge in [0.2, 0.25) is 5.91 Å². The summed E-state index contributed by atoms with van der Waals surface area (Å²) >= 11 is 0. The largest absolute Gasteiger partial charge is 0.481 e. The Hall–Kier alpha value is -2.56. The molecule has 0 atom stereocenters. The number of carbonyl (C=O) groups excluding carboxylic acids is 1. The quantitative estimate of drug-likeness (QED) is 0.799. The molecule has 1 aliphatic rings. The number of benzene rings is 1. The maximum absolute atomic E-state index is 12.2. The zero-order chi connectivity index (χ0) is 16.9. The van der Waals surface area contributed by atoms with Gasteiger partial charge in [-0.05, 0) is 30.9 Å².